The number of carbonyl (C=O) groups is 3. The molecule has 0 amide bonds. The zero-order chi connectivity index (χ0) is 31.5. The van der Waals surface area contributed by atoms with Crippen LogP contribution in [0.25, 0.3) is 0 Å². The van der Waals surface area contributed by atoms with Crippen LogP contribution in [0.15, 0.2) is 18.2 Å². The van der Waals surface area contributed by atoms with Crippen molar-refractivity contribution >= 4 is 29.8 Å². The van der Waals surface area contributed by atoms with Gasteiger partial charge in [-0.05, 0) is 13.0 Å². The summed E-state index contributed by atoms with van der Waals surface area (Å²) >= 11 is 0. The number of ketones is 3. The number of aliphatic hydroxyl groups is 3. The molecule has 6 rings (SSSR count). The Morgan fingerprint density at radius 3 is 2.44 bits per heavy atom. The standard InChI is InChI=1S/C31H35NO12.ClH/c1-14-26(35)17(32-6-8-42-9-7-32)10-21(43-14)44-19-12-31(40,20(34)13-33)11-16-23(19)30(39)25-24(28(16)37)27(36)15-4-3-5-18(41-2)22(15)29(25)38;/h3-5,14,17,19,21,26,33,35,37,39-40H,6-13H2,1-2H3;1H/t14?,17?,19?,21?,26?,31-;/m0./s1. The highest BCUT2D eigenvalue weighted by molar-refractivity contribution is 6.31. The summed E-state index contributed by atoms with van der Waals surface area (Å²) in [6, 6.07) is 4.04. The Bertz CT molecular complexity index is 1520. The lowest BCUT2D eigenvalue weighted by molar-refractivity contribution is -0.260. The Kier molecular flexibility index (Phi) is 9.28. The Morgan fingerprint density at radius 2 is 1.78 bits per heavy atom. The van der Waals surface area contributed by atoms with Gasteiger partial charge in [0, 0.05) is 55.1 Å². The lowest BCUT2D eigenvalue weighted by atomic mass is 9.72. The summed E-state index contributed by atoms with van der Waals surface area (Å²) < 4.78 is 23.0. The third-order valence-corrected chi connectivity index (χ3v) is 9.24. The fraction of sp³-hybridized carbons (Fsp3) is 0.516. The highest BCUT2D eigenvalue weighted by Gasteiger charge is 2.50. The molecule has 2 fully saturated rings. The molecule has 5 N–H and O–H groups in total. The van der Waals surface area contributed by atoms with Crippen LogP contribution in [0.4, 0.5) is 0 Å². The second kappa shape index (κ2) is 12.6. The largest absolute Gasteiger partial charge is 0.507 e. The molecule has 0 aromatic heterocycles. The number of morpholine rings is 1. The molecule has 13 nitrogen and oxygen atoms in total. The predicted octanol–water partition coefficient (Wildman–Crippen LogP) is 0.797. The predicted molar refractivity (Wildman–Crippen MR) is 157 cm³/mol. The number of fused-ring (bicyclic) bond motifs is 3. The lowest BCUT2D eigenvalue weighted by Gasteiger charge is -2.46. The first-order valence-electron chi connectivity index (χ1n) is 14.5. The van der Waals surface area contributed by atoms with Gasteiger partial charge in [0.1, 0.15) is 29.5 Å². The number of phenolic OH excluding ortho intramolecular Hbond substituents is 2. The summed E-state index contributed by atoms with van der Waals surface area (Å²) in [4.78, 5) is 42.3. The van der Waals surface area contributed by atoms with Crippen LogP contribution in [0.1, 0.15) is 68.8 Å². The summed E-state index contributed by atoms with van der Waals surface area (Å²) in [5, 5.41) is 55.2. The molecule has 2 aliphatic carbocycles. The van der Waals surface area contributed by atoms with Gasteiger partial charge in [0.25, 0.3) is 0 Å². The maximum atomic E-state index is 13.8. The molecule has 0 saturated carbocycles. The number of aromatic hydroxyl groups is 2. The molecule has 2 aromatic rings. The third-order valence-electron chi connectivity index (χ3n) is 9.24. The van der Waals surface area contributed by atoms with Gasteiger partial charge >= 0.3 is 0 Å². The van der Waals surface area contributed by atoms with Crippen LogP contribution in [0.5, 0.6) is 17.2 Å². The molecule has 0 bridgehead atoms. The van der Waals surface area contributed by atoms with Crippen LogP contribution in [-0.4, -0.2) is 118 Å². The van der Waals surface area contributed by atoms with E-state index in [4.69, 9.17) is 18.9 Å². The van der Waals surface area contributed by atoms with E-state index >= 15 is 0 Å². The third kappa shape index (κ3) is 5.40. The van der Waals surface area contributed by atoms with E-state index in [2.05, 4.69) is 4.90 Å². The van der Waals surface area contributed by atoms with Crippen molar-refractivity contribution in [3.05, 3.63) is 51.6 Å². The number of aliphatic hydroxyl groups excluding tert-OH is 2. The molecule has 45 heavy (non-hydrogen) atoms. The molecule has 14 heteroatoms. The van der Waals surface area contributed by atoms with Crippen molar-refractivity contribution in [2.45, 2.75) is 62.4 Å². The molecule has 2 aromatic carbocycles. The molecule has 2 saturated heterocycles. The number of halogens is 1. The zero-order valence-electron chi connectivity index (χ0n) is 24.7. The highest BCUT2D eigenvalue weighted by atomic mass is 35.5. The number of methoxy groups -OCH3 is 1. The van der Waals surface area contributed by atoms with Crippen LogP contribution < -0.4 is 4.74 Å². The van der Waals surface area contributed by atoms with Crippen LogP contribution in [0, 0.1) is 0 Å². The minimum Gasteiger partial charge on any atom is -0.507 e. The van der Waals surface area contributed by atoms with Gasteiger partial charge in [0.05, 0.1) is 55.3 Å². The van der Waals surface area contributed by atoms with E-state index < -0.39 is 89.6 Å². The Hall–Kier alpha value is -3.14. The minimum atomic E-state index is -2.24. The number of hydrogen-bond donors (Lipinski definition) is 5. The van der Waals surface area contributed by atoms with Crippen molar-refractivity contribution in [3.8, 4) is 17.2 Å². The second-order valence-electron chi connectivity index (χ2n) is 11.7. The van der Waals surface area contributed by atoms with Gasteiger partial charge in [-0.1, -0.05) is 12.1 Å². The number of phenols is 2. The number of ether oxygens (including phenoxy) is 4. The number of Topliss-reactive ketones (excluding diaryl/α,β-unsaturated/α-hetero) is 1. The van der Waals surface area contributed by atoms with Crippen molar-refractivity contribution in [1.82, 2.24) is 4.90 Å². The number of nitrogens with zero attached hydrogens (tertiary/aromatic N) is 1. The highest BCUT2D eigenvalue weighted by Crippen LogP contribution is 2.52. The van der Waals surface area contributed by atoms with Gasteiger partial charge in [-0.2, -0.15) is 0 Å². The topological polar surface area (TPSA) is 193 Å². The van der Waals surface area contributed by atoms with E-state index in [9.17, 15) is 39.9 Å². The van der Waals surface area contributed by atoms with Crippen LogP contribution >= 0.6 is 12.4 Å². The van der Waals surface area contributed by atoms with Crippen molar-refractivity contribution in [2.75, 3.05) is 40.0 Å². The van der Waals surface area contributed by atoms with Crippen LogP contribution in [0.3, 0.4) is 0 Å². The van der Waals surface area contributed by atoms with Crippen LogP contribution in [0.2, 0.25) is 0 Å². The van der Waals surface area contributed by atoms with Crippen molar-refractivity contribution in [3.63, 3.8) is 0 Å². The Morgan fingerprint density at radius 1 is 1.09 bits per heavy atom. The molecule has 4 aliphatic rings. The normalized spacial score (nSPS) is 29.7. The fourth-order valence-corrected chi connectivity index (χ4v) is 6.96. The van der Waals surface area contributed by atoms with E-state index in [1.165, 1.54) is 25.3 Å². The fourth-order valence-electron chi connectivity index (χ4n) is 6.96. The molecule has 6 atom stereocenters. The number of rotatable bonds is 6. The molecule has 0 spiro atoms. The maximum Gasteiger partial charge on any atom is 0.202 e. The molecule has 244 valence electrons. The number of carbonyl (C=O) groups excluding carboxylic acids is 3. The quantitative estimate of drug-likeness (QED) is 0.236. The number of hydrogen-bond acceptors (Lipinski definition) is 13. The summed E-state index contributed by atoms with van der Waals surface area (Å²) in [6.45, 7) is 2.83. The van der Waals surface area contributed by atoms with E-state index in [1.807, 2.05) is 0 Å². The average Bonchev–Trinajstić information content (AvgIpc) is 3.02. The zero-order valence-corrected chi connectivity index (χ0v) is 25.5. The Balaban J connectivity index is 0.00000400. The molecule has 2 aliphatic heterocycles. The van der Waals surface area contributed by atoms with Gasteiger partial charge in [-0.3, -0.25) is 19.3 Å². The van der Waals surface area contributed by atoms with Crippen LogP contribution in [-0.2, 0) is 25.4 Å². The summed E-state index contributed by atoms with van der Waals surface area (Å²) in [6.07, 6.45) is -4.66. The molecule has 5 unspecified atom stereocenters. The van der Waals surface area contributed by atoms with E-state index in [0.29, 0.717) is 26.3 Å². The van der Waals surface area contributed by atoms with E-state index in [1.54, 1.807) is 6.92 Å². The summed E-state index contributed by atoms with van der Waals surface area (Å²) in [5.74, 6) is -3.68. The smallest absolute Gasteiger partial charge is 0.202 e. The molecule has 2 heterocycles. The van der Waals surface area contributed by atoms with Gasteiger partial charge in [-0.15, -0.1) is 12.4 Å². The number of benzene rings is 2. The first-order chi connectivity index (χ1) is 21.0. The summed E-state index contributed by atoms with van der Waals surface area (Å²) in [7, 11) is 1.34. The van der Waals surface area contributed by atoms with Gasteiger partial charge < -0.3 is 44.5 Å². The maximum absolute atomic E-state index is 13.8. The first kappa shape index (κ1) is 33.2. The second-order valence-corrected chi connectivity index (χ2v) is 11.7. The average molecular weight is 650 g/mol. The SMILES string of the molecule is COc1cccc2c1C(=O)c1c(O)c3c(c(O)c1C2=O)C[C@@](O)(C(=O)CO)CC3OC1CC(N2CCOCC2)C(O)C(C)O1.Cl. The first-order valence-corrected chi connectivity index (χ1v) is 14.5. The van der Waals surface area contributed by atoms with Crippen molar-refractivity contribution in [2.24, 2.45) is 0 Å². The molecule has 0 radical (unpaired) electrons. The molecular formula is C31H36ClNO12. The lowest BCUT2D eigenvalue weighted by Crippen LogP contribution is -2.58. The van der Waals surface area contributed by atoms with Gasteiger partial charge in [0.15, 0.2) is 17.9 Å². The van der Waals surface area contributed by atoms with E-state index in [-0.39, 0.29) is 52.9 Å². The minimum absolute atomic E-state index is 0. The summed E-state index contributed by atoms with van der Waals surface area (Å²) in [5.41, 5.74) is -3.52. The Labute approximate surface area is 264 Å². The van der Waals surface area contributed by atoms with Crippen molar-refractivity contribution < 1.29 is 58.9 Å². The van der Waals surface area contributed by atoms with Crippen molar-refractivity contribution in [1.29, 1.82) is 0 Å². The van der Waals surface area contributed by atoms with Gasteiger partial charge in [0.2, 0.25) is 5.78 Å². The van der Waals surface area contributed by atoms with Gasteiger partial charge in [-0.25, -0.2) is 0 Å². The monoisotopic (exact) mass is 649 g/mol. The molecular weight excluding hydrogens is 614 g/mol. The van der Waals surface area contributed by atoms with E-state index in [0.717, 1.165) is 0 Å².